The number of hydrogen-bond donors (Lipinski definition) is 0. The van der Waals surface area contributed by atoms with Crippen LogP contribution in [0.1, 0.15) is 73.6 Å². The number of hydrogen-bond acceptors (Lipinski definition) is 1. The molecular formula is C15H30S. The molecule has 0 aliphatic rings. The Labute approximate surface area is 107 Å². The van der Waals surface area contributed by atoms with Gasteiger partial charge in [0.1, 0.15) is 0 Å². The molecule has 0 aromatic carbocycles. The monoisotopic (exact) mass is 242 g/mol. The fraction of sp³-hybridized carbons (Fsp3) is 0.867. The predicted octanol–water partition coefficient (Wildman–Crippen LogP) is 6.03. The van der Waals surface area contributed by atoms with Gasteiger partial charge in [0.25, 0.3) is 0 Å². The lowest BCUT2D eigenvalue weighted by Gasteiger charge is -2.27. The van der Waals surface area contributed by atoms with Crippen LogP contribution in [0.25, 0.3) is 0 Å². The van der Waals surface area contributed by atoms with Crippen LogP contribution in [0.3, 0.4) is 0 Å². The first-order valence-electron chi connectivity index (χ1n) is 6.80. The fourth-order valence-electron chi connectivity index (χ4n) is 1.70. The Balaban J connectivity index is 4.35. The van der Waals surface area contributed by atoms with Gasteiger partial charge in [-0.05, 0) is 36.5 Å². The van der Waals surface area contributed by atoms with Gasteiger partial charge < -0.3 is 0 Å². The van der Waals surface area contributed by atoms with Gasteiger partial charge in [0.15, 0.2) is 0 Å². The number of rotatable bonds is 8. The molecule has 96 valence electrons. The first-order chi connectivity index (χ1) is 7.45. The fourth-order valence-corrected chi connectivity index (χ4v) is 2.91. The molecule has 0 fully saturated rings. The maximum atomic E-state index is 2.42. The van der Waals surface area contributed by atoms with E-state index in [9.17, 15) is 0 Å². The molecule has 0 rings (SSSR count). The summed E-state index contributed by atoms with van der Waals surface area (Å²) >= 11 is 2.03. The molecule has 0 aromatic heterocycles. The quantitative estimate of drug-likeness (QED) is 0.501. The van der Waals surface area contributed by atoms with Crippen molar-refractivity contribution in [1.82, 2.24) is 0 Å². The lowest BCUT2D eigenvalue weighted by atomic mass is 9.85. The van der Waals surface area contributed by atoms with Crippen LogP contribution in [-0.4, -0.2) is 4.75 Å². The molecule has 16 heavy (non-hydrogen) atoms. The van der Waals surface area contributed by atoms with E-state index in [1.54, 1.807) is 0 Å². The smallest absolute Gasteiger partial charge is 0.0170 e. The average Bonchev–Trinajstić information content (AvgIpc) is 2.29. The second kappa shape index (κ2) is 7.42. The third-order valence-corrected chi connectivity index (χ3v) is 5.30. The van der Waals surface area contributed by atoms with E-state index in [0.29, 0.717) is 10.2 Å². The lowest BCUT2D eigenvalue weighted by Crippen LogP contribution is -2.17. The molecule has 0 spiro atoms. The van der Waals surface area contributed by atoms with E-state index < -0.39 is 0 Å². The maximum absolute atomic E-state index is 2.42. The summed E-state index contributed by atoms with van der Waals surface area (Å²) in [6.07, 6.45) is 8.73. The van der Waals surface area contributed by atoms with Gasteiger partial charge in [0.2, 0.25) is 0 Å². The molecule has 0 bridgehead atoms. The van der Waals surface area contributed by atoms with Crippen LogP contribution in [0, 0.1) is 5.41 Å². The summed E-state index contributed by atoms with van der Waals surface area (Å²) in [5.41, 5.74) is 0.397. The standard InChI is InChI=1S/C15H30S/c1-7-11-15(6,10-4)16-13-12-14(5,8-2)9-3/h12-13H,7-11H2,1-6H3/b13-12-. The van der Waals surface area contributed by atoms with Crippen molar-refractivity contribution in [3.63, 3.8) is 0 Å². The number of thioether (sulfide) groups is 1. The molecule has 0 aliphatic heterocycles. The zero-order chi connectivity index (χ0) is 12.7. The van der Waals surface area contributed by atoms with Gasteiger partial charge in [-0.3, -0.25) is 0 Å². The summed E-state index contributed by atoms with van der Waals surface area (Å²) in [7, 11) is 0. The molecule has 0 aliphatic carbocycles. The zero-order valence-electron chi connectivity index (χ0n) is 12.1. The summed E-state index contributed by atoms with van der Waals surface area (Å²) in [5.74, 6) is 0. The van der Waals surface area contributed by atoms with Gasteiger partial charge >= 0.3 is 0 Å². The minimum Gasteiger partial charge on any atom is -0.128 e. The van der Waals surface area contributed by atoms with Crippen molar-refractivity contribution in [1.29, 1.82) is 0 Å². The normalized spacial score (nSPS) is 16.6. The molecule has 0 saturated carbocycles. The molecule has 0 heterocycles. The summed E-state index contributed by atoms with van der Waals surface area (Å²) in [4.78, 5) is 0. The van der Waals surface area contributed by atoms with Gasteiger partial charge in [-0.2, -0.15) is 0 Å². The Morgan fingerprint density at radius 2 is 1.50 bits per heavy atom. The number of allylic oxidation sites excluding steroid dienone is 1. The van der Waals surface area contributed by atoms with E-state index in [2.05, 4.69) is 53.0 Å². The average molecular weight is 242 g/mol. The molecule has 0 radical (unpaired) electrons. The topological polar surface area (TPSA) is 0 Å². The van der Waals surface area contributed by atoms with Crippen LogP contribution in [-0.2, 0) is 0 Å². The second-order valence-electron chi connectivity index (χ2n) is 5.34. The SMILES string of the molecule is CCCC(C)(CC)S/C=C\C(C)(CC)CC. The molecule has 0 aromatic rings. The van der Waals surface area contributed by atoms with Crippen LogP contribution in [0.2, 0.25) is 0 Å². The third-order valence-electron chi connectivity index (χ3n) is 3.97. The van der Waals surface area contributed by atoms with Crippen molar-refractivity contribution >= 4 is 11.8 Å². The molecular weight excluding hydrogens is 212 g/mol. The molecule has 0 N–H and O–H groups in total. The van der Waals surface area contributed by atoms with Crippen molar-refractivity contribution in [3.8, 4) is 0 Å². The van der Waals surface area contributed by atoms with Gasteiger partial charge in [0.05, 0.1) is 0 Å². The van der Waals surface area contributed by atoms with Gasteiger partial charge in [-0.25, -0.2) is 0 Å². The summed E-state index contributed by atoms with van der Waals surface area (Å²) in [6.45, 7) is 13.9. The molecule has 1 unspecified atom stereocenters. The van der Waals surface area contributed by atoms with E-state index in [1.807, 2.05) is 11.8 Å². The Bertz CT molecular complexity index is 203. The van der Waals surface area contributed by atoms with Gasteiger partial charge in [-0.1, -0.05) is 54.0 Å². The Morgan fingerprint density at radius 1 is 0.938 bits per heavy atom. The summed E-state index contributed by atoms with van der Waals surface area (Å²) in [6, 6.07) is 0. The third kappa shape index (κ3) is 5.43. The lowest BCUT2D eigenvalue weighted by molar-refractivity contribution is 0.396. The zero-order valence-corrected chi connectivity index (χ0v) is 12.9. The molecule has 0 amide bonds. The maximum Gasteiger partial charge on any atom is 0.0170 e. The minimum absolute atomic E-state index is 0.397. The first kappa shape index (κ1) is 16.1. The Kier molecular flexibility index (Phi) is 7.46. The van der Waals surface area contributed by atoms with Crippen molar-refractivity contribution in [2.24, 2.45) is 5.41 Å². The summed E-state index contributed by atoms with van der Waals surface area (Å²) < 4.78 is 0.438. The van der Waals surface area contributed by atoms with Crippen molar-refractivity contribution in [3.05, 3.63) is 11.5 Å². The van der Waals surface area contributed by atoms with E-state index >= 15 is 0 Å². The van der Waals surface area contributed by atoms with Gasteiger partial charge in [-0.15, -0.1) is 11.8 Å². The van der Waals surface area contributed by atoms with Crippen LogP contribution < -0.4 is 0 Å². The molecule has 0 nitrogen and oxygen atoms in total. The van der Waals surface area contributed by atoms with Crippen LogP contribution in [0.5, 0.6) is 0 Å². The van der Waals surface area contributed by atoms with Crippen LogP contribution in [0.15, 0.2) is 11.5 Å². The highest BCUT2D eigenvalue weighted by Gasteiger charge is 2.21. The largest absolute Gasteiger partial charge is 0.128 e. The second-order valence-corrected chi connectivity index (χ2v) is 6.83. The van der Waals surface area contributed by atoms with Gasteiger partial charge in [0, 0.05) is 4.75 Å². The molecule has 0 saturated heterocycles. The highest BCUT2D eigenvalue weighted by atomic mass is 32.2. The predicted molar refractivity (Wildman–Crippen MR) is 79.0 cm³/mol. The minimum atomic E-state index is 0.397. The van der Waals surface area contributed by atoms with E-state index in [-0.39, 0.29) is 0 Å². The van der Waals surface area contributed by atoms with E-state index in [0.717, 1.165) is 0 Å². The van der Waals surface area contributed by atoms with Crippen LogP contribution >= 0.6 is 11.8 Å². The van der Waals surface area contributed by atoms with Crippen LogP contribution in [0.4, 0.5) is 0 Å². The van der Waals surface area contributed by atoms with E-state index in [1.165, 1.54) is 32.1 Å². The van der Waals surface area contributed by atoms with E-state index in [4.69, 9.17) is 0 Å². The molecule has 1 atom stereocenters. The van der Waals surface area contributed by atoms with Crippen molar-refractivity contribution in [2.45, 2.75) is 78.4 Å². The highest BCUT2D eigenvalue weighted by molar-refractivity contribution is 8.03. The van der Waals surface area contributed by atoms with Crippen molar-refractivity contribution < 1.29 is 0 Å². The highest BCUT2D eigenvalue weighted by Crippen LogP contribution is 2.36. The summed E-state index contributed by atoms with van der Waals surface area (Å²) in [5, 5.41) is 2.35. The molecule has 1 heteroatoms. The first-order valence-corrected chi connectivity index (χ1v) is 7.68. The Hall–Kier alpha value is 0.0900. The Morgan fingerprint density at radius 3 is 1.88 bits per heavy atom. The van der Waals surface area contributed by atoms with Crippen molar-refractivity contribution in [2.75, 3.05) is 0 Å².